The summed E-state index contributed by atoms with van der Waals surface area (Å²) in [5.41, 5.74) is 0.739. The van der Waals surface area contributed by atoms with Crippen LogP contribution >= 0.6 is 0 Å². The van der Waals surface area contributed by atoms with Crippen LogP contribution in [0.25, 0.3) is 0 Å². The highest BCUT2D eigenvalue weighted by Crippen LogP contribution is 2.23. The molecule has 0 saturated heterocycles. The molecule has 1 amide bonds. The molecule has 0 spiro atoms. The van der Waals surface area contributed by atoms with Gasteiger partial charge in [0.05, 0.1) is 11.3 Å². The molecule has 0 aromatic heterocycles. The normalized spacial score (nSPS) is 11.0. The van der Waals surface area contributed by atoms with E-state index in [4.69, 9.17) is 0 Å². The third-order valence-electron chi connectivity index (χ3n) is 6.46. The molecular weight excluding hydrogens is 410 g/mol. The van der Waals surface area contributed by atoms with Crippen LogP contribution < -0.4 is 4.90 Å². The van der Waals surface area contributed by atoms with Gasteiger partial charge in [0.15, 0.2) is 0 Å². The Morgan fingerprint density at radius 2 is 1.12 bits per heavy atom. The van der Waals surface area contributed by atoms with Gasteiger partial charge in [0.1, 0.15) is 0 Å². The van der Waals surface area contributed by atoms with Gasteiger partial charge in [-0.2, -0.15) is 0 Å². The molecular formula is C29H49NO3. The summed E-state index contributed by atoms with van der Waals surface area (Å²) >= 11 is 0. The monoisotopic (exact) mass is 459 g/mol. The number of para-hydroxylation sites is 1. The predicted octanol–water partition coefficient (Wildman–Crippen LogP) is 8.78. The van der Waals surface area contributed by atoms with Crippen LogP contribution in [0.1, 0.15) is 140 Å². The fraction of sp³-hybridized carbons (Fsp3) is 0.724. The van der Waals surface area contributed by atoms with Gasteiger partial charge in [-0.25, -0.2) is 4.79 Å². The Hall–Kier alpha value is -1.84. The molecule has 4 nitrogen and oxygen atoms in total. The number of benzene rings is 1. The molecule has 1 aromatic carbocycles. The Morgan fingerprint density at radius 1 is 0.667 bits per heavy atom. The van der Waals surface area contributed by atoms with Crippen molar-refractivity contribution in [3.63, 3.8) is 0 Å². The van der Waals surface area contributed by atoms with Gasteiger partial charge in [-0.15, -0.1) is 0 Å². The third kappa shape index (κ3) is 13.5. The maximum Gasteiger partial charge on any atom is 0.337 e. The van der Waals surface area contributed by atoms with E-state index in [2.05, 4.69) is 13.8 Å². The van der Waals surface area contributed by atoms with Crippen LogP contribution in [0.3, 0.4) is 0 Å². The van der Waals surface area contributed by atoms with Gasteiger partial charge >= 0.3 is 5.97 Å². The first-order valence-corrected chi connectivity index (χ1v) is 13.7. The first-order valence-electron chi connectivity index (χ1n) is 13.7. The second kappa shape index (κ2) is 19.6. The lowest BCUT2D eigenvalue weighted by molar-refractivity contribution is -0.118. The number of carbonyl (C=O) groups is 2. The zero-order valence-corrected chi connectivity index (χ0v) is 21.5. The van der Waals surface area contributed by atoms with E-state index in [9.17, 15) is 14.7 Å². The minimum Gasteiger partial charge on any atom is -0.478 e. The number of carboxylic acid groups (broad SMARTS) is 1. The van der Waals surface area contributed by atoms with Crippen molar-refractivity contribution in [3.8, 4) is 0 Å². The largest absolute Gasteiger partial charge is 0.478 e. The summed E-state index contributed by atoms with van der Waals surface area (Å²) in [6, 6.07) is 6.85. The van der Waals surface area contributed by atoms with Gasteiger partial charge in [0.2, 0.25) is 5.91 Å². The Labute approximate surface area is 203 Å². The van der Waals surface area contributed by atoms with E-state index < -0.39 is 5.97 Å². The molecule has 0 heterocycles. The number of aromatic carboxylic acids is 1. The summed E-state index contributed by atoms with van der Waals surface area (Å²) in [6.07, 6.45) is 21.9. The van der Waals surface area contributed by atoms with E-state index in [1.54, 1.807) is 23.1 Å². The smallest absolute Gasteiger partial charge is 0.337 e. The molecule has 0 aliphatic heterocycles. The average Bonchev–Trinajstić information content (AvgIpc) is 2.82. The number of unbranched alkanes of at least 4 members (excludes halogenated alkanes) is 15. The van der Waals surface area contributed by atoms with E-state index in [1.165, 1.54) is 83.5 Å². The standard InChI is InChI=1S/C29H49NO3/c1-3-5-7-8-9-10-11-12-13-14-15-16-17-18-19-24-28(31)30(25-6-4-2)27-23-21-20-22-26(27)29(32)33/h20-23H,3-19,24-25H2,1-2H3,(H,32,33). The van der Waals surface area contributed by atoms with Crippen molar-refractivity contribution in [2.24, 2.45) is 0 Å². The highest BCUT2D eigenvalue weighted by molar-refractivity contribution is 6.01. The molecule has 0 aliphatic rings. The van der Waals surface area contributed by atoms with Crippen molar-refractivity contribution in [3.05, 3.63) is 29.8 Å². The minimum absolute atomic E-state index is 0.0480. The Morgan fingerprint density at radius 3 is 1.61 bits per heavy atom. The number of hydrogen-bond donors (Lipinski definition) is 1. The number of hydrogen-bond acceptors (Lipinski definition) is 2. The molecule has 188 valence electrons. The Balaban J connectivity index is 2.18. The van der Waals surface area contributed by atoms with Crippen molar-refractivity contribution >= 4 is 17.6 Å². The summed E-state index contributed by atoms with van der Waals surface area (Å²) in [5.74, 6) is -0.932. The molecule has 1 rings (SSSR count). The molecule has 4 heteroatoms. The fourth-order valence-corrected chi connectivity index (χ4v) is 4.37. The number of amides is 1. The van der Waals surface area contributed by atoms with Crippen LogP contribution in [-0.2, 0) is 4.79 Å². The molecule has 0 radical (unpaired) electrons. The first kappa shape index (κ1) is 29.2. The summed E-state index contributed by atoms with van der Waals surface area (Å²) in [5, 5.41) is 9.50. The van der Waals surface area contributed by atoms with Gasteiger partial charge < -0.3 is 10.0 Å². The average molecular weight is 460 g/mol. The van der Waals surface area contributed by atoms with Gasteiger partial charge in [0, 0.05) is 13.0 Å². The van der Waals surface area contributed by atoms with E-state index in [0.29, 0.717) is 18.7 Å². The lowest BCUT2D eigenvalue weighted by Crippen LogP contribution is -2.33. The van der Waals surface area contributed by atoms with Crippen molar-refractivity contribution < 1.29 is 14.7 Å². The molecule has 1 aromatic rings. The molecule has 0 aliphatic carbocycles. The summed E-state index contributed by atoms with van der Waals surface area (Å²) < 4.78 is 0. The van der Waals surface area contributed by atoms with E-state index in [-0.39, 0.29) is 11.5 Å². The second-order valence-corrected chi connectivity index (χ2v) is 9.42. The zero-order valence-electron chi connectivity index (χ0n) is 21.5. The Kier molecular flexibility index (Phi) is 17.4. The first-order chi connectivity index (χ1) is 16.1. The maximum atomic E-state index is 12.9. The van der Waals surface area contributed by atoms with Crippen LogP contribution in [0.15, 0.2) is 24.3 Å². The van der Waals surface area contributed by atoms with Gasteiger partial charge in [-0.05, 0) is 25.0 Å². The van der Waals surface area contributed by atoms with Crippen LogP contribution in [0.5, 0.6) is 0 Å². The maximum absolute atomic E-state index is 12.9. The van der Waals surface area contributed by atoms with E-state index in [0.717, 1.165) is 25.7 Å². The van der Waals surface area contributed by atoms with Gasteiger partial charge in [-0.3, -0.25) is 4.79 Å². The van der Waals surface area contributed by atoms with E-state index >= 15 is 0 Å². The van der Waals surface area contributed by atoms with E-state index in [1.807, 2.05) is 6.07 Å². The number of carbonyl (C=O) groups excluding carboxylic acids is 1. The fourth-order valence-electron chi connectivity index (χ4n) is 4.37. The van der Waals surface area contributed by atoms with Crippen LogP contribution in [-0.4, -0.2) is 23.5 Å². The summed E-state index contributed by atoms with van der Waals surface area (Å²) in [4.78, 5) is 26.2. The Bertz CT molecular complexity index is 644. The summed E-state index contributed by atoms with van der Waals surface area (Å²) in [6.45, 7) is 4.94. The minimum atomic E-state index is -0.980. The molecule has 33 heavy (non-hydrogen) atoms. The van der Waals surface area contributed by atoms with Crippen molar-refractivity contribution in [1.82, 2.24) is 0 Å². The number of anilines is 1. The van der Waals surface area contributed by atoms with Gasteiger partial charge in [0.25, 0.3) is 0 Å². The SMILES string of the molecule is CCCCCCCCCCCCCCCCCC(=O)N(CCCC)c1ccccc1C(=O)O. The lowest BCUT2D eigenvalue weighted by Gasteiger charge is -2.24. The predicted molar refractivity (Wildman–Crippen MR) is 140 cm³/mol. The van der Waals surface area contributed by atoms with Gasteiger partial charge in [-0.1, -0.05) is 122 Å². The second-order valence-electron chi connectivity index (χ2n) is 9.42. The zero-order chi connectivity index (χ0) is 24.2. The van der Waals surface area contributed by atoms with Crippen molar-refractivity contribution in [2.45, 2.75) is 129 Å². The van der Waals surface area contributed by atoms with Crippen molar-refractivity contribution in [2.75, 3.05) is 11.4 Å². The molecule has 0 atom stereocenters. The van der Waals surface area contributed by atoms with Crippen LogP contribution in [0.2, 0.25) is 0 Å². The molecule has 0 fully saturated rings. The molecule has 1 N–H and O–H groups in total. The number of nitrogens with zero attached hydrogens (tertiary/aromatic N) is 1. The topological polar surface area (TPSA) is 57.6 Å². The van der Waals surface area contributed by atoms with Crippen LogP contribution in [0, 0.1) is 0 Å². The van der Waals surface area contributed by atoms with Crippen molar-refractivity contribution in [1.29, 1.82) is 0 Å². The highest BCUT2D eigenvalue weighted by atomic mass is 16.4. The molecule has 0 unspecified atom stereocenters. The quantitative estimate of drug-likeness (QED) is 0.187. The number of carboxylic acids is 1. The molecule has 0 bridgehead atoms. The van der Waals surface area contributed by atoms with Crippen LogP contribution in [0.4, 0.5) is 5.69 Å². The summed E-state index contributed by atoms with van der Waals surface area (Å²) in [7, 11) is 0. The number of rotatable bonds is 21. The highest BCUT2D eigenvalue weighted by Gasteiger charge is 2.20. The lowest BCUT2D eigenvalue weighted by atomic mass is 10.0. The third-order valence-corrected chi connectivity index (χ3v) is 6.46. The molecule has 0 saturated carbocycles.